The molecule has 0 atom stereocenters. The number of imidazole rings is 1. The Morgan fingerprint density at radius 2 is 2.00 bits per heavy atom. The highest BCUT2D eigenvalue weighted by atomic mass is 32.1. The van der Waals surface area contributed by atoms with Gasteiger partial charge >= 0.3 is 0 Å². The highest BCUT2D eigenvalue weighted by Crippen LogP contribution is 2.32. The number of hydrogen-bond acceptors (Lipinski definition) is 5. The number of thiazole rings is 1. The number of rotatable bonds is 6. The third-order valence-corrected chi connectivity index (χ3v) is 6.16. The van der Waals surface area contributed by atoms with Gasteiger partial charge in [0.1, 0.15) is 0 Å². The molecule has 0 radical (unpaired) electrons. The van der Waals surface area contributed by atoms with Crippen molar-refractivity contribution in [2.45, 2.75) is 44.6 Å². The van der Waals surface area contributed by atoms with Crippen molar-refractivity contribution >= 4 is 22.2 Å². The third-order valence-electron chi connectivity index (χ3n) is 5.27. The molecule has 4 rings (SSSR count). The molecule has 0 spiro atoms. The van der Waals surface area contributed by atoms with E-state index in [9.17, 15) is 4.79 Å². The van der Waals surface area contributed by atoms with Crippen molar-refractivity contribution in [1.82, 2.24) is 14.7 Å². The van der Waals surface area contributed by atoms with Gasteiger partial charge in [-0.1, -0.05) is 19.3 Å². The van der Waals surface area contributed by atoms with Crippen LogP contribution in [0.3, 0.4) is 0 Å². The van der Waals surface area contributed by atoms with Crippen molar-refractivity contribution in [3.63, 3.8) is 0 Å². The van der Waals surface area contributed by atoms with Crippen LogP contribution in [-0.4, -0.2) is 35.6 Å². The Morgan fingerprint density at radius 1 is 1.21 bits per heavy atom. The summed E-state index contributed by atoms with van der Waals surface area (Å²) in [6.07, 6.45) is 8.26. The van der Waals surface area contributed by atoms with E-state index in [1.807, 2.05) is 34.2 Å². The molecule has 1 saturated carbocycles. The first-order valence-electron chi connectivity index (χ1n) is 9.65. The van der Waals surface area contributed by atoms with Gasteiger partial charge in [0.2, 0.25) is 5.91 Å². The number of aromatic nitrogens is 2. The number of fused-ring (bicyclic) bond motifs is 1. The van der Waals surface area contributed by atoms with E-state index in [0.29, 0.717) is 24.0 Å². The second kappa shape index (κ2) is 8.22. The van der Waals surface area contributed by atoms with Crippen LogP contribution in [-0.2, 0) is 11.2 Å². The molecule has 1 aliphatic rings. The van der Waals surface area contributed by atoms with Crippen LogP contribution in [0.4, 0.5) is 0 Å². The number of carbonyl (C=O) groups excluding carboxylic acids is 1. The quantitative estimate of drug-likeness (QED) is 0.679. The maximum Gasteiger partial charge on any atom is 0.226 e. The Labute approximate surface area is 168 Å². The average Bonchev–Trinajstić information content (AvgIpc) is 3.30. The zero-order valence-electron chi connectivity index (χ0n) is 16.2. The van der Waals surface area contributed by atoms with Crippen molar-refractivity contribution in [2.75, 3.05) is 14.2 Å². The Bertz CT molecular complexity index is 973. The van der Waals surface area contributed by atoms with Crippen LogP contribution in [0.1, 0.15) is 37.8 Å². The summed E-state index contributed by atoms with van der Waals surface area (Å²) in [5.41, 5.74) is 2.76. The van der Waals surface area contributed by atoms with Crippen LogP contribution in [0.5, 0.6) is 11.5 Å². The number of ether oxygens (including phenoxy) is 2. The molecule has 0 aliphatic heterocycles. The molecule has 1 N–H and O–H groups in total. The standard InChI is InChI=1S/C21H25N3O3S/c1-26-18-9-8-14(10-19(18)27-2)17-12-24-16(13-28-21(24)23-17)11-20(25)22-15-6-4-3-5-7-15/h8-10,12-13,15H,3-7,11H2,1-2H3,(H,22,25). The van der Waals surface area contributed by atoms with Crippen LogP contribution < -0.4 is 14.8 Å². The topological polar surface area (TPSA) is 64.9 Å². The van der Waals surface area contributed by atoms with E-state index < -0.39 is 0 Å². The molecule has 2 heterocycles. The number of amides is 1. The van der Waals surface area contributed by atoms with Gasteiger partial charge in [0.05, 0.1) is 26.3 Å². The highest BCUT2D eigenvalue weighted by molar-refractivity contribution is 7.15. The van der Waals surface area contributed by atoms with Gasteiger partial charge in [-0.15, -0.1) is 11.3 Å². The zero-order chi connectivity index (χ0) is 19.5. The Hall–Kier alpha value is -2.54. The molecule has 7 heteroatoms. The molecular formula is C21H25N3O3S. The molecule has 1 fully saturated rings. The van der Waals surface area contributed by atoms with E-state index in [2.05, 4.69) is 5.32 Å². The van der Waals surface area contributed by atoms with Crippen molar-refractivity contribution in [2.24, 2.45) is 0 Å². The number of benzene rings is 1. The molecule has 28 heavy (non-hydrogen) atoms. The van der Waals surface area contributed by atoms with E-state index >= 15 is 0 Å². The molecule has 148 valence electrons. The number of nitrogens with zero attached hydrogens (tertiary/aromatic N) is 2. The smallest absolute Gasteiger partial charge is 0.226 e. The van der Waals surface area contributed by atoms with Gasteiger partial charge < -0.3 is 14.8 Å². The van der Waals surface area contributed by atoms with Gasteiger partial charge in [-0.2, -0.15) is 0 Å². The van der Waals surface area contributed by atoms with Crippen LogP contribution >= 0.6 is 11.3 Å². The summed E-state index contributed by atoms with van der Waals surface area (Å²) in [6, 6.07) is 6.09. The summed E-state index contributed by atoms with van der Waals surface area (Å²) < 4.78 is 12.7. The van der Waals surface area contributed by atoms with Crippen LogP contribution in [0.25, 0.3) is 16.2 Å². The molecule has 3 aromatic rings. The number of carbonyl (C=O) groups is 1. The van der Waals surface area contributed by atoms with E-state index in [4.69, 9.17) is 14.5 Å². The van der Waals surface area contributed by atoms with Gasteiger partial charge in [0.15, 0.2) is 16.5 Å². The summed E-state index contributed by atoms with van der Waals surface area (Å²) >= 11 is 1.55. The SMILES string of the molecule is COc1ccc(-c2cn3c(CC(=O)NC4CCCCC4)csc3n2)cc1OC. The molecule has 6 nitrogen and oxygen atoms in total. The minimum atomic E-state index is 0.0907. The molecular weight excluding hydrogens is 374 g/mol. The van der Waals surface area contributed by atoms with Gasteiger partial charge in [-0.05, 0) is 31.0 Å². The number of methoxy groups -OCH3 is 2. The van der Waals surface area contributed by atoms with Crippen molar-refractivity contribution in [3.8, 4) is 22.8 Å². The number of nitrogens with one attached hydrogen (secondary N) is 1. The lowest BCUT2D eigenvalue weighted by Crippen LogP contribution is -2.37. The molecule has 1 aromatic carbocycles. The van der Waals surface area contributed by atoms with Crippen molar-refractivity contribution in [3.05, 3.63) is 35.5 Å². The fourth-order valence-electron chi connectivity index (χ4n) is 3.78. The summed E-state index contributed by atoms with van der Waals surface area (Å²) in [4.78, 5) is 18.1. The lowest BCUT2D eigenvalue weighted by molar-refractivity contribution is -0.121. The summed E-state index contributed by atoms with van der Waals surface area (Å²) in [6.45, 7) is 0. The van der Waals surface area contributed by atoms with Gasteiger partial charge in [0, 0.05) is 28.9 Å². The van der Waals surface area contributed by atoms with Gasteiger partial charge in [0.25, 0.3) is 0 Å². The van der Waals surface area contributed by atoms with Crippen LogP contribution in [0.15, 0.2) is 29.8 Å². The molecule has 0 saturated heterocycles. The zero-order valence-corrected chi connectivity index (χ0v) is 17.1. The Kier molecular flexibility index (Phi) is 5.52. The monoisotopic (exact) mass is 399 g/mol. The predicted octanol–water partition coefficient (Wildman–Crippen LogP) is 4.07. The molecule has 1 aliphatic carbocycles. The second-order valence-corrected chi connectivity index (χ2v) is 7.99. The molecule has 0 unspecified atom stereocenters. The Balaban J connectivity index is 1.53. The van der Waals surface area contributed by atoms with Gasteiger partial charge in [-0.25, -0.2) is 4.98 Å². The lowest BCUT2D eigenvalue weighted by Gasteiger charge is -2.22. The summed E-state index contributed by atoms with van der Waals surface area (Å²) in [7, 11) is 3.24. The Morgan fingerprint density at radius 3 is 2.75 bits per heavy atom. The summed E-state index contributed by atoms with van der Waals surface area (Å²) in [5.74, 6) is 1.45. The van der Waals surface area contributed by atoms with Gasteiger partial charge in [-0.3, -0.25) is 9.20 Å². The first-order valence-corrected chi connectivity index (χ1v) is 10.5. The molecule has 0 bridgehead atoms. The van der Waals surface area contributed by atoms with Crippen LogP contribution in [0, 0.1) is 0 Å². The average molecular weight is 400 g/mol. The first-order chi connectivity index (χ1) is 13.7. The third kappa shape index (κ3) is 3.85. The normalized spacial score (nSPS) is 14.9. The molecule has 2 aromatic heterocycles. The van der Waals surface area contributed by atoms with E-state index in [1.165, 1.54) is 19.3 Å². The minimum Gasteiger partial charge on any atom is -0.493 e. The van der Waals surface area contributed by atoms with E-state index in [-0.39, 0.29) is 5.91 Å². The van der Waals surface area contributed by atoms with E-state index in [0.717, 1.165) is 34.8 Å². The summed E-state index contributed by atoms with van der Waals surface area (Å²) in [5, 5.41) is 5.20. The van der Waals surface area contributed by atoms with Crippen molar-refractivity contribution < 1.29 is 14.3 Å². The number of hydrogen-bond donors (Lipinski definition) is 1. The second-order valence-electron chi connectivity index (χ2n) is 7.15. The minimum absolute atomic E-state index is 0.0907. The van der Waals surface area contributed by atoms with Crippen molar-refractivity contribution in [1.29, 1.82) is 0 Å². The van der Waals surface area contributed by atoms with Crippen LogP contribution in [0.2, 0.25) is 0 Å². The predicted molar refractivity (Wildman–Crippen MR) is 110 cm³/mol. The fraction of sp³-hybridized carbons (Fsp3) is 0.429. The largest absolute Gasteiger partial charge is 0.493 e. The fourth-order valence-corrected chi connectivity index (χ4v) is 4.65. The first kappa shape index (κ1) is 18.8. The maximum atomic E-state index is 12.5. The maximum absolute atomic E-state index is 12.5. The lowest BCUT2D eigenvalue weighted by atomic mass is 9.95. The highest BCUT2D eigenvalue weighted by Gasteiger charge is 2.18. The molecule has 1 amide bonds. The van der Waals surface area contributed by atoms with E-state index in [1.54, 1.807) is 25.6 Å².